The molecule has 5 heteroatoms. The van der Waals surface area contributed by atoms with Crippen molar-refractivity contribution < 1.29 is 0 Å². The predicted molar refractivity (Wildman–Crippen MR) is 81.8 cm³/mol. The van der Waals surface area contributed by atoms with Crippen LogP contribution in [0.25, 0.3) is 11.3 Å². The molecule has 5 nitrogen and oxygen atoms in total. The first kappa shape index (κ1) is 14.5. The van der Waals surface area contributed by atoms with Crippen LogP contribution in [0.2, 0.25) is 0 Å². The Kier molecular flexibility index (Phi) is 4.71. The number of anilines is 1. The lowest BCUT2D eigenvalue weighted by molar-refractivity contribution is 0.660. The number of hydrogen-bond acceptors (Lipinski definition) is 4. The van der Waals surface area contributed by atoms with E-state index >= 15 is 0 Å². The zero-order valence-corrected chi connectivity index (χ0v) is 12.7. The maximum atomic E-state index is 4.48. The Hall–Kier alpha value is -1.91. The van der Waals surface area contributed by atoms with Gasteiger partial charge in [0.2, 0.25) is 0 Å². The molecule has 0 bridgehead atoms. The van der Waals surface area contributed by atoms with Crippen LogP contribution < -0.4 is 5.32 Å². The molecule has 20 heavy (non-hydrogen) atoms. The van der Waals surface area contributed by atoms with Gasteiger partial charge in [0, 0.05) is 30.4 Å². The lowest BCUT2D eigenvalue weighted by Gasteiger charge is -2.16. The van der Waals surface area contributed by atoms with E-state index in [1.54, 1.807) is 6.33 Å². The minimum Gasteiger partial charge on any atom is -0.370 e. The van der Waals surface area contributed by atoms with Gasteiger partial charge >= 0.3 is 0 Å². The highest BCUT2D eigenvalue weighted by atomic mass is 15.3. The van der Waals surface area contributed by atoms with Gasteiger partial charge in [0.05, 0.1) is 11.9 Å². The lowest BCUT2D eigenvalue weighted by Crippen LogP contribution is -2.08. The van der Waals surface area contributed by atoms with E-state index < -0.39 is 0 Å². The van der Waals surface area contributed by atoms with Gasteiger partial charge in [0.1, 0.15) is 12.1 Å². The molecule has 0 saturated heterocycles. The molecule has 2 aromatic heterocycles. The molecule has 2 rings (SSSR count). The molecule has 0 saturated carbocycles. The van der Waals surface area contributed by atoms with E-state index in [9.17, 15) is 0 Å². The zero-order valence-electron chi connectivity index (χ0n) is 12.7. The second-order valence-corrected chi connectivity index (χ2v) is 5.15. The normalized spacial score (nSPS) is 11.1. The van der Waals surface area contributed by atoms with Crippen molar-refractivity contribution in [3.63, 3.8) is 0 Å². The minimum absolute atomic E-state index is 0.357. The standard InChI is InChI=1S/C15H23N5/c1-5-7-16-15-13(11(3)4)14(17-10-18-15)12-8-19-20(6-2)9-12/h8-11H,5-7H2,1-4H3,(H,16,17,18). The molecule has 0 spiro atoms. The van der Waals surface area contributed by atoms with Crippen molar-refractivity contribution in [2.24, 2.45) is 0 Å². The maximum absolute atomic E-state index is 4.48. The van der Waals surface area contributed by atoms with E-state index in [1.807, 2.05) is 17.1 Å². The summed E-state index contributed by atoms with van der Waals surface area (Å²) in [5.74, 6) is 1.30. The van der Waals surface area contributed by atoms with Crippen LogP contribution in [0, 0.1) is 0 Å². The number of aromatic nitrogens is 4. The summed E-state index contributed by atoms with van der Waals surface area (Å²) in [7, 11) is 0. The Morgan fingerprint density at radius 3 is 2.65 bits per heavy atom. The molecule has 0 amide bonds. The van der Waals surface area contributed by atoms with Crippen molar-refractivity contribution in [3.05, 3.63) is 24.3 Å². The Morgan fingerprint density at radius 2 is 2.05 bits per heavy atom. The highest BCUT2D eigenvalue weighted by molar-refractivity contribution is 5.68. The molecule has 0 radical (unpaired) electrons. The number of hydrogen-bond donors (Lipinski definition) is 1. The van der Waals surface area contributed by atoms with E-state index in [0.29, 0.717) is 5.92 Å². The molecular weight excluding hydrogens is 250 g/mol. The Bertz CT molecular complexity index is 559. The van der Waals surface area contributed by atoms with Crippen molar-refractivity contribution in [2.75, 3.05) is 11.9 Å². The van der Waals surface area contributed by atoms with Gasteiger partial charge in [0.15, 0.2) is 0 Å². The van der Waals surface area contributed by atoms with Gasteiger partial charge in [-0.25, -0.2) is 9.97 Å². The fourth-order valence-electron chi connectivity index (χ4n) is 2.22. The third-order valence-electron chi connectivity index (χ3n) is 3.23. The highest BCUT2D eigenvalue weighted by Gasteiger charge is 2.17. The summed E-state index contributed by atoms with van der Waals surface area (Å²) in [6.45, 7) is 10.4. The van der Waals surface area contributed by atoms with Crippen LogP contribution in [0.5, 0.6) is 0 Å². The minimum atomic E-state index is 0.357. The van der Waals surface area contributed by atoms with Crippen LogP contribution in [0.15, 0.2) is 18.7 Å². The lowest BCUT2D eigenvalue weighted by atomic mass is 9.99. The summed E-state index contributed by atoms with van der Waals surface area (Å²) in [5.41, 5.74) is 3.20. The van der Waals surface area contributed by atoms with Crippen LogP contribution in [-0.2, 0) is 6.54 Å². The first-order chi connectivity index (χ1) is 9.67. The van der Waals surface area contributed by atoms with Gasteiger partial charge < -0.3 is 5.32 Å². The maximum Gasteiger partial charge on any atom is 0.133 e. The van der Waals surface area contributed by atoms with E-state index in [1.165, 1.54) is 0 Å². The molecule has 0 aliphatic heterocycles. The Morgan fingerprint density at radius 1 is 1.25 bits per heavy atom. The van der Waals surface area contributed by atoms with Crippen molar-refractivity contribution in [2.45, 2.75) is 46.6 Å². The van der Waals surface area contributed by atoms with Crippen LogP contribution >= 0.6 is 0 Å². The molecular formula is C15H23N5. The summed E-state index contributed by atoms with van der Waals surface area (Å²) in [6.07, 6.45) is 6.62. The van der Waals surface area contributed by atoms with Gasteiger partial charge in [-0.05, 0) is 19.3 Å². The predicted octanol–water partition coefficient (Wildman–Crippen LogP) is 3.31. The number of rotatable bonds is 6. The van der Waals surface area contributed by atoms with E-state index in [0.717, 1.165) is 42.1 Å². The van der Waals surface area contributed by atoms with Crippen LogP contribution in [0.1, 0.15) is 45.6 Å². The van der Waals surface area contributed by atoms with Gasteiger partial charge in [-0.1, -0.05) is 20.8 Å². The number of aryl methyl sites for hydroxylation is 1. The quantitative estimate of drug-likeness (QED) is 0.877. The van der Waals surface area contributed by atoms with E-state index in [4.69, 9.17) is 0 Å². The Labute approximate surface area is 120 Å². The summed E-state index contributed by atoms with van der Waals surface area (Å²) in [5, 5.41) is 7.74. The number of nitrogens with zero attached hydrogens (tertiary/aromatic N) is 4. The molecule has 2 heterocycles. The monoisotopic (exact) mass is 273 g/mol. The number of nitrogens with one attached hydrogen (secondary N) is 1. The second-order valence-electron chi connectivity index (χ2n) is 5.15. The molecule has 108 valence electrons. The van der Waals surface area contributed by atoms with Crippen molar-refractivity contribution in [1.82, 2.24) is 19.7 Å². The van der Waals surface area contributed by atoms with Crippen molar-refractivity contribution in [3.8, 4) is 11.3 Å². The first-order valence-corrected chi connectivity index (χ1v) is 7.28. The zero-order chi connectivity index (χ0) is 14.5. The van der Waals surface area contributed by atoms with Crippen LogP contribution in [0.3, 0.4) is 0 Å². The van der Waals surface area contributed by atoms with Gasteiger partial charge in [0.25, 0.3) is 0 Å². The molecule has 0 atom stereocenters. The summed E-state index contributed by atoms with van der Waals surface area (Å²) < 4.78 is 1.92. The molecule has 0 unspecified atom stereocenters. The molecule has 0 aromatic carbocycles. The molecule has 1 N–H and O–H groups in total. The smallest absolute Gasteiger partial charge is 0.133 e. The molecule has 0 aliphatic carbocycles. The van der Waals surface area contributed by atoms with Gasteiger partial charge in [-0.3, -0.25) is 4.68 Å². The third-order valence-corrected chi connectivity index (χ3v) is 3.23. The SMILES string of the molecule is CCCNc1ncnc(-c2cnn(CC)c2)c1C(C)C. The molecule has 2 aromatic rings. The molecule has 0 fully saturated rings. The fraction of sp³-hybridized carbons (Fsp3) is 0.533. The van der Waals surface area contributed by atoms with Gasteiger partial charge in [-0.2, -0.15) is 5.10 Å². The molecule has 0 aliphatic rings. The highest BCUT2D eigenvalue weighted by Crippen LogP contribution is 2.31. The van der Waals surface area contributed by atoms with Gasteiger partial charge in [-0.15, -0.1) is 0 Å². The Balaban J connectivity index is 2.46. The van der Waals surface area contributed by atoms with Crippen LogP contribution in [-0.4, -0.2) is 26.3 Å². The van der Waals surface area contributed by atoms with E-state index in [2.05, 4.69) is 48.1 Å². The summed E-state index contributed by atoms with van der Waals surface area (Å²) >= 11 is 0. The topological polar surface area (TPSA) is 55.6 Å². The largest absolute Gasteiger partial charge is 0.370 e. The average Bonchev–Trinajstić information content (AvgIpc) is 2.93. The fourth-order valence-corrected chi connectivity index (χ4v) is 2.22. The second kappa shape index (κ2) is 6.50. The third kappa shape index (κ3) is 2.98. The van der Waals surface area contributed by atoms with E-state index in [-0.39, 0.29) is 0 Å². The summed E-state index contributed by atoms with van der Waals surface area (Å²) in [6, 6.07) is 0. The van der Waals surface area contributed by atoms with Crippen LogP contribution in [0.4, 0.5) is 5.82 Å². The first-order valence-electron chi connectivity index (χ1n) is 7.28. The average molecular weight is 273 g/mol. The van der Waals surface area contributed by atoms with Crippen molar-refractivity contribution in [1.29, 1.82) is 0 Å². The summed E-state index contributed by atoms with van der Waals surface area (Å²) in [4.78, 5) is 8.88. The van der Waals surface area contributed by atoms with Crippen molar-refractivity contribution >= 4 is 5.82 Å².